The fourth-order valence-electron chi connectivity index (χ4n) is 2.58. The van der Waals surface area contributed by atoms with E-state index in [4.69, 9.17) is 5.11 Å². The third kappa shape index (κ3) is 3.26. The van der Waals surface area contributed by atoms with Gasteiger partial charge in [0.1, 0.15) is 5.75 Å². The van der Waals surface area contributed by atoms with Gasteiger partial charge in [0.2, 0.25) is 0 Å². The number of hydrogen-bond donors (Lipinski definition) is 2. The minimum Gasteiger partial charge on any atom is -0.505 e. The molecule has 1 fully saturated rings. The van der Waals surface area contributed by atoms with Gasteiger partial charge in [0.15, 0.2) is 0 Å². The van der Waals surface area contributed by atoms with Gasteiger partial charge in [0.05, 0.1) is 11.8 Å². The highest BCUT2D eigenvalue weighted by Crippen LogP contribution is 2.25. The number of carboxylic acid groups (broad SMARTS) is 1. The standard InChI is InChI=1S/C14H18N2O4/c17-12-9-15-7-6-11(12)14(20)16-8-2-1-3-10(16)4-5-13(18)19/h6-7,9-10,17H,1-5,8H2,(H,18,19). The molecule has 1 aliphatic heterocycles. The second-order valence-corrected chi connectivity index (χ2v) is 4.97. The summed E-state index contributed by atoms with van der Waals surface area (Å²) in [5.74, 6) is -1.24. The quantitative estimate of drug-likeness (QED) is 0.873. The van der Waals surface area contributed by atoms with Crippen molar-refractivity contribution in [2.45, 2.75) is 38.1 Å². The van der Waals surface area contributed by atoms with E-state index in [-0.39, 0.29) is 29.7 Å². The highest BCUT2D eigenvalue weighted by atomic mass is 16.4. The van der Waals surface area contributed by atoms with Crippen LogP contribution in [-0.2, 0) is 4.79 Å². The Labute approximate surface area is 117 Å². The largest absolute Gasteiger partial charge is 0.505 e. The number of aromatic hydroxyl groups is 1. The van der Waals surface area contributed by atoms with Gasteiger partial charge in [-0.25, -0.2) is 0 Å². The van der Waals surface area contributed by atoms with Crippen LogP contribution in [0.4, 0.5) is 0 Å². The fraction of sp³-hybridized carbons (Fsp3) is 0.500. The van der Waals surface area contributed by atoms with Crippen LogP contribution in [0.3, 0.4) is 0 Å². The molecule has 2 heterocycles. The van der Waals surface area contributed by atoms with Crippen LogP contribution in [0.1, 0.15) is 42.5 Å². The smallest absolute Gasteiger partial charge is 0.303 e. The molecule has 0 aromatic carbocycles. The molecule has 1 aromatic heterocycles. The van der Waals surface area contributed by atoms with Crippen LogP contribution in [-0.4, -0.2) is 44.6 Å². The van der Waals surface area contributed by atoms with Crippen molar-refractivity contribution < 1.29 is 19.8 Å². The van der Waals surface area contributed by atoms with Crippen LogP contribution < -0.4 is 0 Å². The third-order valence-corrected chi connectivity index (χ3v) is 3.61. The van der Waals surface area contributed by atoms with E-state index in [0.717, 1.165) is 19.3 Å². The summed E-state index contributed by atoms with van der Waals surface area (Å²) in [6.07, 6.45) is 5.92. The Hall–Kier alpha value is -2.11. The van der Waals surface area contributed by atoms with Gasteiger partial charge < -0.3 is 15.1 Å². The Morgan fingerprint density at radius 1 is 1.40 bits per heavy atom. The SMILES string of the molecule is O=C(O)CCC1CCCCN1C(=O)c1ccncc1O. The molecule has 6 nitrogen and oxygen atoms in total. The second-order valence-electron chi connectivity index (χ2n) is 4.97. The maximum atomic E-state index is 12.5. The van der Waals surface area contributed by atoms with Gasteiger partial charge in [-0.3, -0.25) is 14.6 Å². The predicted octanol–water partition coefficient (Wildman–Crippen LogP) is 1.65. The number of likely N-dealkylation sites (tertiary alicyclic amines) is 1. The van der Waals surface area contributed by atoms with E-state index in [1.807, 2.05) is 0 Å². The molecular formula is C14H18N2O4. The zero-order valence-electron chi connectivity index (χ0n) is 11.2. The number of carbonyl (C=O) groups is 2. The molecule has 0 aliphatic carbocycles. The zero-order chi connectivity index (χ0) is 14.5. The Morgan fingerprint density at radius 2 is 2.20 bits per heavy atom. The lowest BCUT2D eigenvalue weighted by molar-refractivity contribution is -0.137. The molecule has 0 bridgehead atoms. The van der Waals surface area contributed by atoms with Crippen molar-refractivity contribution in [2.75, 3.05) is 6.54 Å². The average molecular weight is 278 g/mol. The van der Waals surface area contributed by atoms with Crippen molar-refractivity contribution in [1.29, 1.82) is 0 Å². The zero-order valence-corrected chi connectivity index (χ0v) is 11.2. The van der Waals surface area contributed by atoms with Gasteiger partial charge in [-0.05, 0) is 31.7 Å². The summed E-state index contributed by atoms with van der Waals surface area (Å²) in [6, 6.07) is 1.42. The monoisotopic (exact) mass is 278 g/mol. The molecule has 0 spiro atoms. The van der Waals surface area contributed by atoms with E-state index < -0.39 is 5.97 Å². The van der Waals surface area contributed by atoms with Crippen LogP contribution in [0.5, 0.6) is 5.75 Å². The van der Waals surface area contributed by atoms with Gasteiger partial charge in [0, 0.05) is 25.2 Å². The molecule has 0 saturated carbocycles. The summed E-state index contributed by atoms with van der Waals surface area (Å²) in [4.78, 5) is 28.6. The van der Waals surface area contributed by atoms with Crippen LogP contribution in [0, 0.1) is 0 Å². The first-order valence-electron chi connectivity index (χ1n) is 6.75. The summed E-state index contributed by atoms with van der Waals surface area (Å²) < 4.78 is 0. The number of carbonyl (C=O) groups excluding carboxylic acids is 1. The van der Waals surface area contributed by atoms with Crippen LogP contribution in [0.15, 0.2) is 18.5 Å². The molecule has 1 unspecified atom stereocenters. The lowest BCUT2D eigenvalue weighted by Crippen LogP contribution is -2.44. The van der Waals surface area contributed by atoms with Gasteiger partial charge in [-0.15, -0.1) is 0 Å². The summed E-state index contributed by atoms with van der Waals surface area (Å²) in [6.45, 7) is 0.602. The van der Waals surface area contributed by atoms with Gasteiger partial charge >= 0.3 is 5.97 Å². The summed E-state index contributed by atoms with van der Waals surface area (Å²) >= 11 is 0. The summed E-state index contributed by atoms with van der Waals surface area (Å²) in [5.41, 5.74) is 0.224. The number of nitrogens with zero attached hydrogens (tertiary/aromatic N) is 2. The Bertz CT molecular complexity index is 504. The molecule has 1 aromatic rings. The van der Waals surface area contributed by atoms with E-state index in [9.17, 15) is 14.7 Å². The molecule has 1 atom stereocenters. The molecule has 2 rings (SSSR count). The van der Waals surface area contributed by atoms with E-state index in [1.54, 1.807) is 4.90 Å². The highest BCUT2D eigenvalue weighted by Gasteiger charge is 2.28. The van der Waals surface area contributed by atoms with Crippen molar-refractivity contribution >= 4 is 11.9 Å². The van der Waals surface area contributed by atoms with Crippen molar-refractivity contribution in [1.82, 2.24) is 9.88 Å². The summed E-state index contributed by atoms with van der Waals surface area (Å²) in [5, 5.41) is 18.5. The molecule has 108 valence electrons. The number of aliphatic carboxylic acids is 1. The molecule has 20 heavy (non-hydrogen) atoms. The normalized spacial score (nSPS) is 18.8. The Kier molecular flexibility index (Phi) is 4.55. The first-order chi connectivity index (χ1) is 9.59. The maximum absolute atomic E-state index is 12.5. The van der Waals surface area contributed by atoms with E-state index in [1.165, 1.54) is 18.5 Å². The van der Waals surface area contributed by atoms with E-state index >= 15 is 0 Å². The Morgan fingerprint density at radius 3 is 2.90 bits per heavy atom. The molecule has 1 saturated heterocycles. The molecular weight excluding hydrogens is 260 g/mol. The number of rotatable bonds is 4. The predicted molar refractivity (Wildman–Crippen MR) is 71.4 cm³/mol. The molecule has 0 radical (unpaired) electrons. The molecule has 2 N–H and O–H groups in total. The number of pyridine rings is 1. The number of hydrogen-bond acceptors (Lipinski definition) is 4. The van der Waals surface area contributed by atoms with Gasteiger partial charge in [-0.1, -0.05) is 0 Å². The van der Waals surface area contributed by atoms with Crippen molar-refractivity contribution in [3.63, 3.8) is 0 Å². The van der Waals surface area contributed by atoms with Gasteiger partial charge in [0.25, 0.3) is 5.91 Å². The number of aromatic nitrogens is 1. The molecule has 1 aliphatic rings. The van der Waals surface area contributed by atoms with Crippen molar-refractivity contribution in [3.05, 3.63) is 24.0 Å². The van der Waals surface area contributed by atoms with Crippen LogP contribution in [0.25, 0.3) is 0 Å². The van der Waals surface area contributed by atoms with Gasteiger partial charge in [-0.2, -0.15) is 0 Å². The maximum Gasteiger partial charge on any atom is 0.303 e. The molecule has 1 amide bonds. The second kappa shape index (κ2) is 6.36. The first kappa shape index (κ1) is 14.3. The number of piperidine rings is 1. The number of amides is 1. The number of carboxylic acids is 1. The molecule has 6 heteroatoms. The van der Waals surface area contributed by atoms with E-state index in [0.29, 0.717) is 13.0 Å². The van der Waals surface area contributed by atoms with Crippen molar-refractivity contribution in [2.24, 2.45) is 0 Å². The lowest BCUT2D eigenvalue weighted by atomic mass is 9.97. The Balaban J connectivity index is 2.13. The van der Waals surface area contributed by atoms with Crippen LogP contribution in [0.2, 0.25) is 0 Å². The minimum atomic E-state index is -0.852. The van der Waals surface area contributed by atoms with Crippen molar-refractivity contribution in [3.8, 4) is 5.75 Å². The first-order valence-corrected chi connectivity index (χ1v) is 6.75. The lowest BCUT2D eigenvalue weighted by Gasteiger charge is -2.35. The minimum absolute atomic E-state index is 0.0524. The van der Waals surface area contributed by atoms with Crippen LogP contribution >= 0.6 is 0 Å². The fourth-order valence-corrected chi connectivity index (χ4v) is 2.58. The van der Waals surface area contributed by atoms with E-state index in [2.05, 4.69) is 4.98 Å². The summed E-state index contributed by atoms with van der Waals surface area (Å²) in [7, 11) is 0. The average Bonchev–Trinajstić information content (AvgIpc) is 2.45. The topological polar surface area (TPSA) is 90.7 Å². The third-order valence-electron chi connectivity index (χ3n) is 3.61. The highest BCUT2D eigenvalue weighted by molar-refractivity contribution is 5.96.